The highest BCUT2D eigenvalue weighted by Crippen LogP contribution is 2.19. The van der Waals surface area contributed by atoms with Crippen molar-refractivity contribution in [3.63, 3.8) is 0 Å². The zero-order valence-corrected chi connectivity index (χ0v) is 10.8. The standard InChI is InChI=1S/C12H21N5/c1-4-10-8-17(6-5-16(10)3)12-7-11(13)14-9(2)15-12/h7,10H,4-6,8H2,1-3H3,(H2,13,14,15). The molecule has 0 bridgehead atoms. The van der Waals surface area contributed by atoms with Gasteiger partial charge >= 0.3 is 0 Å². The van der Waals surface area contributed by atoms with Crippen molar-refractivity contribution in [1.29, 1.82) is 0 Å². The Morgan fingerprint density at radius 1 is 1.41 bits per heavy atom. The third-order valence-electron chi connectivity index (χ3n) is 3.42. The number of aromatic nitrogens is 2. The van der Waals surface area contributed by atoms with E-state index in [0.29, 0.717) is 11.9 Å². The summed E-state index contributed by atoms with van der Waals surface area (Å²) in [6.45, 7) is 7.20. The van der Waals surface area contributed by atoms with Gasteiger partial charge in [-0.1, -0.05) is 6.92 Å². The molecule has 1 aliphatic heterocycles. The molecule has 0 aliphatic carbocycles. The number of nitrogens with two attached hydrogens (primary N) is 1. The van der Waals surface area contributed by atoms with Crippen LogP contribution in [0.15, 0.2) is 6.07 Å². The molecule has 5 nitrogen and oxygen atoms in total. The third kappa shape index (κ3) is 2.66. The summed E-state index contributed by atoms with van der Waals surface area (Å²) >= 11 is 0. The monoisotopic (exact) mass is 235 g/mol. The quantitative estimate of drug-likeness (QED) is 0.825. The van der Waals surface area contributed by atoms with Crippen LogP contribution in [-0.2, 0) is 0 Å². The number of aryl methyl sites for hydroxylation is 1. The van der Waals surface area contributed by atoms with E-state index in [1.807, 2.05) is 13.0 Å². The van der Waals surface area contributed by atoms with E-state index in [2.05, 4.69) is 33.7 Å². The fourth-order valence-corrected chi connectivity index (χ4v) is 2.33. The first kappa shape index (κ1) is 12.1. The lowest BCUT2D eigenvalue weighted by molar-refractivity contribution is 0.213. The highest BCUT2D eigenvalue weighted by Gasteiger charge is 2.23. The molecule has 2 rings (SSSR count). The van der Waals surface area contributed by atoms with Gasteiger partial charge in [-0.15, -0.1) is 0 Å². The van der Waals surface area contributed by atoms with Gasteiger partial charge in [0.1, 0.15) is 17.5 Å². The Kier molecular flexibility index (Phi) is 3.47. The summed E-state index contributed by atoms with van der Waals surface area (Å²) in [6.07, 6.45) is 1.16. The number of piperazine rings is 1. The van der Waals surface area contributed by atoms with Gasteiger partial charge in [-0.3, -0.25) is 4.90 Å². The van der Waals surface area contributed by atoms with Crippen molar-refractivity contribution in [3.05, 3.63) is 11.9 Å². The van der Waals surface area contributed by atoms with Gasteiger partial charge < -0.3 is 10.6 Å². The summed E-state index contributed by atoms with van der Waals surface area (Å²) in [5, 5.41) is 0. The van der Waals surface area contributed by atoms with Crippen molar-refractivity contribution < 1.29 is 0 Å². The van der Waals surface area contributed by atoms with E-state index in [1.165, 1.54) is 0 Å². The highest BCUT2D eigenvalue weighted by atomic mass is 15.3. The summed E-state index contributed by atoms with van der Waals surface area (Å²) in [5.41, 5.74) is 5.77. The Bertz CT molecular complexity index is 372. The predicted octanol–water partition coefficient (Wildman–Crippen LogP) is 0.898. The molecule has 0 amide bonds. The summed E-state index contributed by atoms with van der Waals surface area (Å²) in [6, 6.07) is 2.46. The van der Waals surface area contributed by atoms with Crippen LogP contribution < -0.4 is 10.6 Å². The number of anilines is 2. The van der Waals surface area contributed by atoms with Gasteiger partial charge in [0.2, 0.25) is 0 Å². The first-order valence-corrected chi connectivity index (χ1v) is 6.16. The molecule has 1 aromatic heterocycles. The third-order valence-corrected chi connectivity index (χ3v) is 3.42. The Morgan fingerprint density at radius 3 is 2.82 bits per heavy atom. The summed E-state index contributed by atoms with van der Waals surface area (Å²) in [5.74, 6) is 2.26. The van der Waals surface area contributed by atoms with Gasteiger partial charge in [0.15, 0.2) is 0 Å². The average molecular weight is 235 g/mol. The van der Waals surface area contributed by atoms with Crippen molar-refractivity contribution in [2.24, 2.45) is 0 Å². The van der Waals surface area contributed by atoms with Crippen molar-refractivity contribution in [2.75, 3.05) is 37.3 Å². The number of hydrogen-bond acceptors (Lipinski definition) is 5. The minimum absolute atomic E-state index is 0.555. The maximum atomic E-state index is 5.77. The fraction of sp³-hybridized carbons (Fsp3) is 0.667. The number of nitrogen functional groups attached to an aromatic ring is 1. The van der Waals surface area contributed by atoms with Gasteiger partial charge in [0.05, 0.1) is 0 Å². The topological polar surface area (TPSA) is 58.3 Å². The Hall–Kier alpha value is -1.36. The van der Waals surface area contributed by atoms with E-state index in [0.717, 1.165) is 37.7 Å². The first-order chi connectivity index (χ1) is 8.10. The molecule has 5 heteroatoms. The predicted molar refractivity (Wildman–Crippen MR) is 70.1 cm³/mol. The highest BCUT2D eigenvalue weighted by molar-refractivity contribution is 5.47. The first-order valence-electron chi connectivity index (χ1n) is 6.16. The molecule has 2 N–H and O–H groups in total. The second-order valence-corrected chi connectivity index (χ2v) is 4.69. The number of nitrogens with zero attached hydrogens (tertiary/aromatic N) is 4. The largest absolute Gasteiger partial charge is 0.384 e. The van der Waals surface area contributed by atoms with Crippen LogP contribution in [0.1, 0.15) is 19.2 Å². The van der Waals surface area contributed by atoms with Crippen molar-refractivity contribution in [2.45, 2.75) is 26.3 Å². The van der Waals surface area contributed by atoms with Crippen LogP contribution >= 0.6 is 0 Å². The molecule has 0 aromatic carbocycles. The lowest BCUT2D eigenvalue weighted by atomic mass is 10.1. The zero-order chi connectivity index (χ0) is 12.4. The van der Waals surface area contributed by atoms with Crippen LogP contribution in [-0.4, -0.2) is 47.6 Å². The molecule has 0 radical (unpaired) electrons. The van der Waals surface area contributed by atoms with Gasteiger partial charge in [0.25, 0.3) is 0 Å². The molecule has 0 spiro atoms. The van der Waals surface area contributed by atoms with Crippen molar-refractivity contribution >= 4 is 11.6 Å². The van der Waals surface area contributed by atoms with E-state index >= 15 is 0 Å². The Morgan fingerprint density at radius 2 is 2.18 bits per heavy atom. The number of rotatable bonds is 2. The van der Waals surface area contributed by atoms with E-state index < -0.39 is 0 Å². The van der Waals surface area contributed by atoms with E-state index in [1.54, 1.807) is 0 Å². The maximum Gasteiger partial charge on any atom is 0.134 e. The maximum absolute atomic E-state index is 5.77. The van der Waals surface area contributed by atoms with Crippen LogP contribution in [0.5, 0.6) is 0 Å². The van der Waals surface area contributed by atoms with Crippen LogP contribution in [0.4, 0.5) is 11.6 Å². The Balaban J connectivity index is 2.17. The molecule has 17 heavy (non-hydrogen) atoms. The number of likely N-dealkylation sites (N-methyl/N-ethyl adjacent to an activating group) is 1. The van der Waals surface area contributed by atoms with Gasteiger partial charge in [-0.2, -0.15) is 0 Å². The van der Waals surface area contributed by atoms with Crippen LogP contribution in [0.2, 0.25) is 0 Å². The van der Waals surface area contributed by atoms with E-state index in [-0.39, 0.29) is 0 Å². The van der Waals surface area contributed by atoms with Gasteiger partial charge in [0, 0.05) is 31.7 Å². The van der Waals surface area contributed by atoms with Crippen LogP contribution in [0, 0.1) is 6.92 Å². The van der Waals surface area contributed by atoms with E-state index in [4.69, 9.17) is 5.73 Å². The minimum Gasteiger partial charge on any atom is -0.384 e. The Labute approximate surface area is 103 Å². The molecule has 1 unspecified atom stereocenters. The molecule has 1 fully saturated rings. The van der Waals surface area contributed by atoms with Crippen molar-refractivity contribution in [3.8, 4) is 0 Å². The molecule has 94 valence electrons. The second-order valence-electron chi connectivity index (χ2n) is 4.69. The fourth-order valence-electron chi connectivity index (χ4n) is 2.33. The van der Waals surface area contributed by atoms with Crippen molar-refractivity contribution in [1.82, 2.24) is 14.9 Å². The molecule has 1 aromatic rings. The zero-order valence-electron chi connectivity index (χ0n) is 10.8. The molecular formula is C12H21N5. The van der Waals surface area contributed by atoms with Crippen LogP contribution in [0.25, 0.3) is 0 Å². The second kappa shape index (κ2) is 4.87. The van der Waals surface area contributed by atoms with E-state index in [9.17, 15) is 0 Å². The minimum atomic E-state index is 0.555. The normalized spacial score (nSPS) is 21.8. The molecule has 1 aliphatic rings. The number of hydrogen-bond donors (Lipinski definition) is 1. The lowest BCUT2D eigenvalue weighted by Gasteiger charge is -2.39. The summed E-state index contributed by atoms with van der Waals surface area (Å²) in [7, 11) is 2.19. The molecule has 2 heterocycles. The molecular weight excluding hydrogens is 214 g/mol. The SMILES string of the molecule is CCC1CN(c2cc(N)nc(C)n2)CCN1C. The molecule has 1 saturated heterocycles. The van der Waals surface area contributed by atoms with Crippen LogP contribution in [0.3, 0.4) is 0 Å². The average Bonchev–Trinajstić information content (AvgIpc) is 2.28. The lowest BCUT2D eigenvalue weighted by Crippen LogP contribution is -2.51. The summed E-state index contributed by atoms with van der Waals surface area (Å²) in [4.78, 5) is 13.3. The van der Waals surface area contributed by atoms with Gasteiger partial charge in [-0.05, 0) is 20.4 Å². The smallest absolute Gasteiger partial charge is 0.134 e. The van der Waals surface area contributed by atoms with Gasteiger partial charge in [-0.25, -0.2) is 9.97 Å². The molecule has 1 atom stereocenters. The summed E-state index contributed by atoms with van der Waals surface area (Å²) < 4.78 is 0. The molecule has 0 saturated carbocycles.